The second-order valence-corrected chi connectivity index (χ2v) is 4.46. The van der Waals surface area contributed by atoms with Crippen LogP contribution in [0.15, 0.2) is 42.6 Å². The van der Waals surface area contributed by atoms with E-state index in [-0.39, 0.29) is 0 Å². The minimum atomic E-state index is -0.909. The third-order valence-electron chi connectivity index (χ3n) is 3.14. The zero-order valence-corrected chi connectivity index (χ0v) is 10.3. The van der Waals surface area contributed by atoms with E-state index in [2.05, 4.69) is 9.97 Å². The number of rotatable bonds is 2. The largest absolute Gasteiger partial charge is 0.478 e. The second kappa shape index (κ2) is 4.24. The number of benzene rings is 1. The molecule has 0 amide bonds. The molecule has 0 aliphatic rings. The molecule has 2 aromatic heterocycles. The average molecular weight is 252 g/mol. The highest BCUT2D eigenvalue weighted by atomic mass is 16.4. The molecule has 0 saturated heterocycles. The number of hydrogen-bond acceptors (Lipinski definition) is 2. The Morgan fingerprint density at radius 1 is 1.26 bits per heavy atom. The second-order valence-electron chi connectivity index (χ2n) is 4.46. The number of H-pyrrole nitrogens is 1. The molecule has 94 valence electrons. The van der Waals surface area contributed by atoms with Gasteiger partial charge in [0.25, 0.3) is 0 Å². The molecule has 0 aliphatic carbocycles. The van der Waals surface area contributed by atoms with Gasteiger partial charge in [0.05, 0.1) is 17.0 Å². The number of hydrogen-bond donors (Lipinski definition) is 2. The van der Waals surface area contributed by atoms with E-state index in [1.165, 1.54) is 0 Å². The minimum Gasteiger partial charge on any atom is -0.478 e. The molecule has 19 heavy (non-hydrogen) atoms. The van der Waals surface area contributed by atoms with Crippen LogP contribution in [0.2, 0.25) is 0 Å². The Morgan fingerprint density at radius 3 is 2.79 bits per heavy atom. The van der Waals surface area contributed by atoms with Crippen molar-refractivity contribution in [1.82, 2.24) is 9.97 Å². The van der Waals surface area contributed by atoms with Crippen molar-refractivity contribution in [3.63, 3.8) is 0 Å². The quantitative estimate of drug-likeness (QED) is 0.735. The fourth-order valence-corrected chi connectivity index (χ4v) is 2.19. The molecular formula is C15H12N2O2. The molecule has 0 spiro atoms. The average Bonchev–Trinajstić information content (AvgIpc) is 2.81. The summed E-state index contributed by atoms with van der Waals surface area (Å²) in [5.74, 6) is -0.909. The summed E-state index contributed by atoms with van der Waals surface area (Å²) in [5, 5.41) is 10.1. The number of aromatic amines is 1. The third kappa shape index (κ3) is 1.97. The van der Waals surface area contributed by atoms with Gasteiger partial charge in [0.15, 0.2) is 0 Å². The van der Waals surface area contributed by atoms with Crippen LogP contribution in [-0.4, -0.2) is 21.0 Å². The van der Waals surface area contributed by atoms with E-state index in [0.717, 1.165) is 27.9 Å². The number of aromatic nitrogens is 2. The van der Waals surface area contributed by atoms with Gasteiger partial charge in [-0.15, -0.1) is 0 Å². The van der Waals surface area contributed by atoms with Gasteiger partial charge in [0.2, 0.25) is 0 Å². The maximum Gasteiger partial charge on any atom is 0.336 e. The van der Waals surface area contributed by atoms with Crippen molar-refractivity contribution in [3.05, 3.63) is 53.7 Å². The number of nitrogens with one attached hydrogen (secondary N) is 1. The number of pyridine rings is 1. The van der Waals surface area contributed by atoms with Gasteiger partial charge in [-0.05, 0) is 42.8 Å². The lowest BCUT2D eigenvalue weighted by Gasteiger charge is -2.00. The highest BCUT2D eigenvalue weighted by Crippen LogP contribution is 2.25. The van der Waals surface area contributed by atoms with Crippen molar-refractivity contribution in [2.45, 2.75) is 6.92 Å². The minimum absolute atomic E-state index is 0.321. The van der Waals surface area contributed by atoms with Crippen LogP contribution < -0.4 is 0 Å². The maximum absolute atomic E-state index is 11.1. The van der Waals surface area contributed by atoms with Crippen molar-refractivity contribution >= 4 is 16.9 Å². The van der Waals surface area contributed by atoms with Crippen LogP contribution >= 0.6 is 0 Å². The van der Waals surface area contributed by atoms with Gasteiger partial charge in [-0.2, -0.15) is 0 Å². The first kappa shape index (κ1) is 11.5. The lowest BCUT2D eigenvalue weighted by atomic mass is 10.1. The summed E-state index contributed by atoms with van der Waals surface area (Å²) in [6.07, 6.45) is 1.73. The number of aryl methyl sites for hydroxylation is 1. The van der Waals surface area contributed by atoms with Crippen LogP contribution in [0, 0.1) is 6.92 Å². The number of carboxylic acids is 1. The van der Waals surface area contributed by atoms with Crippen LogP contribution in [-0.2, 0) is 0 Å². The van der Waals surface area contributed by atoms with Crippen molar-refractivity contribution in [1.29, 1.82) is 0 Å². The van der Waals surface area contributed by atoms with Gasteiger partial charge in [-0.25, -0.2) is 4.79 Å². The molecule has 4 heteroatoms. The van der Waals surface area contributed by atoms with Crippen molar-refractivity contribution in [2.75, 3.05) is 0 Å². The summed E-state index contributed by atoms with van der Waals surface area (Å²) in [5.41, 5.74) is 3.61. The van der Waals surface area contributed by atoms with Crippen LogP contribution in [0.5, 0.6) is 0 Å². The summed E-state index contributed by atoms with van der Waals surface area (Å²) in [6, 6.07) is 11.2. The van der Waals surface area contributed by atoms with E-state index >= 15 is 0 Å². The number of nitrogens with zero attached hydrogens (tertiary/aromatic N) is 1. The zero-order chi connectivity index (χ0) is 13.4. The Labute approximate surface area is 109 Å². The van der Waals surface area contributed by atoms with E-state index in [1.807, 2.05) is 30.3 Å². The third-order valence-corrected chi connectivity index (χ3v) is 3.14. The number of aromatic carboxylic acids is 1. The summed E-state index contributed by atoms with van der Waals surface area (Å²) in [6.45, 7) is 1.80. The first-order valence-corrected chi connectivity index (χ1v) is 5.93. The Kier molecular flexibility index (Phi) is 2.56. The number of carbonyl (C=O) groups is 1. The fraction of sp³-hybridized carbons (Fsp3) is 0.0667. The molecule has 2 N–H and O–H groups in total. The van der Waals surface area contributed by atoms with Crippen molar-refractivity contribution in [2.24, 2.45) is 0 Å². The predicted molar refractivity (Wildman–Crippen MR) is 73.2 cm³/mol. The molecule has 4 nitrogen and oxygen atoms in total. The highest BCUT2D eigenvalue weighted by molar-refractivity contribution is 5.96. The number of carboxylic acid groups (broad SMARTS) is 1. The van der Waals surface area contributed by atoms with Crippen LogP contribution in [0.1, 0.15) is 15.9 Å². The molecule has 3 rings (SSSR count). The van der Waals surface area contributed by atoms with Crippen LogP contribution in [0.4, 0.5) is 0 Å². The first-order valence-electron chi connectivity index (χ1n) is 5.93. The molecule has 1 aromatic carbocycles. The van der Waals surface area contributed by atoms with E-state index in [1.54, 1.807) is 19.2 Å². The Morgan fingerprint density at radius 2 is 2.11 bits per heavy atom. The Bertz CT molecular complexity index is 760. The van der Waals surface area contributed by atoms with Gasteiger partial charge in [0, 0.05) is 17.1 Å². The smallest absolute Gasteiger partial charge is 0.336 e. The molecule has 0 bridgehead atoms. The molecule has 3 aromatic rings. The normalized spacial score (nSPS) is 10.8. The molecule has 0 unspecified atom stereocenters. The molecular weight excluding hydrogens is 240 g/mol. The van der Waals surface area contributed by atoms with Gasteiger partial charge in [-0.3, -0.25) is 4.98 Å². The molecule has 0 saturated carbocycles. The molecule has 2 heterocycles. The van der Waals surface area contributed by atoms with E-state index < -0.39 is 5.97 Å². The van der Waals surface area contributed by atoms with Gasteiger partial charge < -0.3 is 10.1 Å². The van der Waals surface area contributed by atoms with E-state index in [9.17, 15) is 4.79 Å². The van der Waals surface area contributed by atoms with E-state index in [4.69, 9.17) is 5.11 Å². The lowest BCUT2D eigenvalue weighted by Crippen LogP contribution is -1.98. The van der Waals surface area contributed by atoms with Gasteiger partial charge >= 0.3 is 5.97 Å². The standard InChI is InChI=1S/C15H12N2O2/c1-9-6-10-7-14(12-4-2-3-5-16-12)17-13(10)8-11(9)15(18)19/h2-8,17H,1H3,(H,18,19). The highest BCUT2D eigenvalue weighted by Gasteiger charge is 2.11. The van der Waals surface area contributed by atoms with Gasteiger partial charge in [-0.1, -0.05) is 6.07 Å². The van der Waals surface area contributed by atoms with Crippen LogP contribution in [0.3, 0.4) is 0 Å². The lowest BCUT2D eigenvalue weighted by molar-refractivity contribution is 0.0696. The topological polar surface area (TPSA) is 66.0 Å². The number of fused-ring (bicyclic) bond motifs is 1. The Hall–Kier alpha value is -2.62. The van der Waals surface area contributed by atoms with Crippen LogP contribution in [0.25, 0.3) is 22.3 Å². The van der Waals surface area contributed by atoms with Crippen molar-refractivity contribution < 1.29 is 9.90 Å². The maximum atomic E-state index is 11.1. The SMILES string of the molecule is Cc1cc2cc(-c3ccccn3)[nH]c2cc1C(=O)O. The molecule has 0 radical (unpaired) electrons. The summed E-state index contributed by atoms with van der Waals surface area (Å²) in [7, 11) is 0. The summed E-state index contributed by atoms with van der Waals surface area (Å²) in [4.78, 5) is 18.6. The predicted octanol–water partition coefficient (Wildman–Crippen LogP) is 3.24. The monoisotopic (exact) mass is 252 g/mol. The van der Waals surface area contributed by atoms with E-state index in [0.29, 0.717) is 5.56 Å². The van der Waals surface area contributed by atoms with Crippen molar-refractivity contribution in [3.8, 4) is 11.4 Å². The molecule has 0 fully saturated rings. The molecule has 0 atom stereocenters. The fourth-order valence-electron chi connectivity index (χ4n) is 2.19. The summed E-state index contributed by atoms with van der Waals surface area (Å²) < 4.78 is 0. The summed E-state index contributed by atoms with van der Waals surface area (Å²) >= 11 is 0. The zero-order valence-electron chi connectivity index (χ0n) is 10.3. The molecule has 0 aliphatic heterocycles. The van der Waals surface area contributed by atoms with Gasteiger partial charge in [0.1, 0.15) is 0 Å². The first-order chi connectivity index (χ1) is 9.15. The Balaban J connectivity index is 2.19.